The number of hydrogen-bond donors (Lipinski definition) is 2. The molecule has 0 atom stereocenters. The molecule has 128 valence electrons. The Kier molecular flexibility index (Phi) is 4.72. The van der Waals surface area contributed by atoms with Gasteiger partial charge in [0, 0.05) is 11.9 Å². The van der Waals surface area contributed by atoms with Crippen LogP contribution >= 0.6 is 11.6 Å². The summed E-state index contributed by atoms with van der Waals surface area (Å²) in [5.41, 5.74) is 0.780. The number of nitrogens with one attached hydrogen (secondary N) is 2. The molecular weight excluding hydrogens is 347 g/mol. The first-order valence-corrected chi connectivity index (χ1v) is 7.80. The Morgan fingerprint density at radius 2 is 1.96 bits per heavy atom. The van der Waals surface area contributed by atoms with Crippen LogP contribution in [0.1, 0.15) is 15.9 Å². The number of aromatic amines is 1. The van der Waals surface area contributed by atoms with Crippen LogP contribution < -0.4 is 10.9 Å². The van der Waals surface area contributed by atoms with Crippen LogP contribution in [0.4, 0.5) is 10.1 Å². The van der Waals surface area contributed by atoms with Gasteiger partial charge in [0.1, 0.15) is 11.4 Å². The van der Waals surface area contributed by atoms with Gasteiger partial charge in [-0.15, -0.1) is 0 Å². The number of methoxy groups -OCH3 is 1. The van der Waals surface area contributed by atoms with Gasteiger partial charge in [-0.1, -0.05) is 35.9 Å². The van der Waals surface area contributed by atoms with Crippen LogP contribution in [0.2, 0.25) is 5.02 Å². The van der Waals surface area contributed by atoms with Gasteiger partial charge in [0.15, 0.2) is 0 Å². The van der Waals surface area contributed by atoms with E-state index in [0.29, 0.717) is 21.6 Å². The van der Waals surface area contributed by atoms with Crippen LogP contribution in [-0.4, -0.2) is 18.1 Å². The molecule has 7 heteroatoms. The Bertz CT molecular complexity index is 1000. The molecule has 2 N–H and O–H groups in total. The highest BCUT2D eigenvalue weighted by Gasteiger charge is 2.20. The first-order valence-electron chi connectivity index (χ1n) is 7.42. The third kappa shape index (κ3) is 3.34. The number of para-hydroxylation sites is 1. The number of anilines is 1. The molecule has 25 heavy (non-hydrogen) atoms. The quantitative estimate of drug-likeness (QED) is 0.696. The van der Waals surface area contributed by atoms with Crippen molar-refractivity contribution in [1.29, 1.82) is 0 Å². The summed E-state index contributed by atoms with van der Waals surface area (Å²) in [7, 11) is 1.20. The maximum Gasteiger partial charge on any atom is 0.345 e. The van der Waals surface area contributed by atoms with E-state index >= 15 is 0 Å². The smallest absolute Gasteiger partial charge is 0.345 e. The number of fused-ring (bicyclic) bond motifs is 1. The Hall–Kier alpha value is -2.86. The fourth-order valence-corrected chi connectivity index (χ4v) is 2.78. The fourth-order valence-electron chi connectivity index (χ4n) is 2.56. The Morgan fingerprint density at radius 1 is 1.24 bits per heavy atom. The van der Waals surface area contributed by atoms with Crippen molar-refractivity contribution in [3.05, 3.63) is 74.8 Å². The summed E-state index contributed by atoms with van der Waals surface area (Å²) in [4.78, 5) is 27.0. The largest absolute Gasteiger partial charge is 0.465 e. The molecule has 0 saturated heterocycles. The van der Waals surface area contributed by atoms with Crippen molar-refractivity contribution in [3.63, 3.8) is 0 Å². The number of ether oxygens (including phenoxy) is 1. The van der Waals surface area contributed by atoms with Crippen LogP contribution in [0.25, 0.3) is 10.9 Å². The van der Waals surface area contributed by atoms with Crippen LogP contribution in [0, 0.1) is 5.82 Å². The lowest BCUT2D eigenvalue weighted by molar-refractivity contribution is 0.0600. The molecule has 0 radical (unpaired) electrons. The fraction of sp³-hybridized carbons (Fsp3) is 0.111. The number of carbonyl (C=O) groups is 1. The first-order chi connectivity index (χ1) is 12.0. The second-order valence-corrected chi connectivity index (χ2v) is 5.75. The molecule has 0 amide bonds. The van der Waals surface area contributed by atoms with Crippen LogP contribution in [0.5, 0.6) is 0 Å². The standard InChI is InChI=1S/C18H14ClFN2O3/c1-25-18(24)14-16(21-9-10-5-7-11(20)8-6-10)12-3-2-4-13(19)15(12)22-17(14)23/h2-8H,9H2,1H3,(H2,21,22,23). The molecule has 0 bridgehead atoms. The molecule has 0 saturated carbocycles. The third-order valence-corrected chi connectivity index (χ3v) is 4.09. The van der Waals surface area contributed by atoms with E-state index in [4.69, 9.17) is 16.3 Å². The van der Waals surface area contributed by atoms with Gasteiger partial charge in [-0.25, -0.2) is 9.18 Å². The maximum atomic E-state index is 13.0. The average molecular weight is 361 g/mol. The highest BCUT2D eigenvalue weighted by atomic mass is 35.5. The monoisotopic (exact) mass is 360 g/mol. The van der Waals surface area contributed by atoms with Crippen molar-refractivity contribution < 1.29 is 13.9 Å². The number of halogens is 2. The van der Waals surface area contributed by atoms with Crippen LogP contribution in [-0.2, 0) is 11.3 Å². The number of carbonyl (C=O) groups excluding carboxylic acids is 1. The maximum absolute atomic E-state index is 13.0. The molecule has 0 aliphatic carbocycles. The van der Waals surface area contributed by atoms with E-state index in [-0.39, 0.29) is 17.9 Å². The second-order valence-electron chi connectivity index (χ2n) is 5.34. The van der Waals surface area contributed by atoms with Crippen LogP contribution in [0.3, 0.4) is 0 Å². The van der Waals surface area contributed by atoms with Gasteiger partial charge < -0.3 is 15.0 Å². The van der Waals surface area contributed by atoms with E-state index in [2.05, 4.69) is 10.3 Å². The number of benzene rings is 2. The van der Waals surface area contributed by atoms with Gasteiger partial charge >= 0.3 is 5.97 Å². The molecule has 2 aromatic carbocycles. The van der Waals surface area contributed by atoms with Crippen molar-refractivity contribution in [1.82, 2.24) is 4.98 Å². The first kappa shape index (κ1) is 17.0. The minimum absolute atomic E-state index is 0.139. The number of H-pyrrole nitrogens is 1. The normalized spacial score (nSPS) is 10.7. The molecule has 3 rings (SSSR count). The minimum Gasteiger partial charge on any atom is -0.465 e. The molecule has 0 aliphatic heterocycles. The van der Waals surface area contributed by atoms with Gasteiger partial charge in [-0.05, 0) is 23.8 Å². The molecule has 5 nitrogen and oxygen atoms in total. The molecule has 0 fully saturated rings. The summed E-state index contributed by atoms with van der Waals surface area (Å²) in [5.74, 6) is -1.10. The second kappa shape index (κ2) is 6.94. The Morgan fingerprint density at radius 3 is 2.64 bits per heavy atom. The molecule has 1 heterocycles. The van der Waals surface area contributed by atoms with Gasteiger partial charge in [0.2, 0.25) is 0 Å². The zero-order chi connectivity index (χ0) is 18.0. The third-order valence-electron chi connectivity index (χ3n) is 3.77. The average Bonchev–Trinajstić information content (AvgIpc) is 2.61. The number of hydrogen-bond acceptors (Lipinski definition) is 4. The van der Waals surface area contributed by atoms with E-state index in [9.17, 15) is 14.0 Å². The van der Waals surface area contributed by atoms with Crippen molar-refractivity contribution in [3.8, 4) is 0 Å². The lowest BCUT2D eigenvalue weighted by Crippen LogP contribution is -2.22. The van der Waals surface area contributed by atoms with E-state index in [1.54, 1.807) is 30.3 Å². The summed E-state index contributed by atoms with van der Waals surface area (Å²) >= 11 is 6.15. The zero-order valence-electron chi connectivity index (χ0n) is 13.2. The van der Waals surface area contributed by atoms with Crippen LogP contribution in [0.15, 0.2) is 47.3 Å². The molecule has 0 spiro atoms. The molecule has 0 aliphatic rings. The van der Waals surface area contributed by atoms with Gasteiger partial charge in [0.25, 0.3) is 5.56 Å². The summed E-state index contributed by atoms with van der Waals surface area (Å²) < 4.78 is 17.8. The lowest BCUT2D eigenvalue weighted by Gasteiger charge is -2.14. The number of esters is 1. The summed E-state index contributed by atoms with van der Waals surface area (Å²) in [6.07, 6.45) is 0. The van der Waals surface area contributed by atoms with E-state index in [1.807, 2.05) is 0 Å². The van der Waals surface area contributed by atoms with Crippen molar-refractivity contribution >= 4 is 34.2 Å². The number of rotatable bonds is 4. The minimum atomic E-state index is -0.760. The molecular formula is C18H14ClFN2O3. The zero-order valence-corrected chi connectivity index (χ0v) is 14.0. The van der Waals surface area contributed by atoms with E-state index in [0.717, 1.165) is 5.56 Å². The van der Waals surface area contributed by atoms with Gasteiger partial charge in [0.05, 0.1) is 23.3 Å². The number of aromatic nitrogens is 1. The Balaban J connectivity index is 2.12. The highest BCUT2D eigenvalue weighted by Crippen LogP contribution is 2.29. The van der Waals surface area contributed by atoms with E-state index < -0.39 is 11.5 Å². The summed E-state index contributed by atoms with van der Waals surface area (Å²) in [6.45, 7) is 0.287. The highest BCUT2D eigenvalue weighted by molar-refractivity contribution is 6.35. The molecule has 0 unspecified atom stereocenters. The Labute approximate surface area is 147 Å². The topological polar surface area (TPSA) is 71.2 Å². The van der Waals surface area contributed by atoms with Crippen molar-refractivity contribution in [2.75, 3.05) is 12.4 Å². The van der Waals surface area contributed by atoms with E-state index in [1.165, 1.54) is 19.2 Å². The summed E-state index contributed by atoms with van der Waals surface area (Å²) in [6, 6.07) is 11.0. The van der Waals surface area contributed by atoms with Gasteiger partial charge in [-0.2, -0.15) is 0 Å². The van der Waals surface area contributed by atoms with Crippen molar-refractivity contribution in [2.45, 2.75) is 6.54 Å². The number of pyridine rings is 1. The molecule has 1 aromatic heterocycles. The molecule has 3 aromatic rings. The predicted molar refractivity (Wildman–Crippen MR) is 94.6 cm³/mol. The van der Waals surface area contributed by atoms with Gasteiger partial charge in [-0.3, -0.25) is 4.79 Å². The lowest BCUT2D eigenvalue weighted by atomic mass is 10.1. The van der Waals surface area contributed by atoms with Crippen molar-refractivity contribution in [2.24, 2.45) is 0 Å². The SMILES string of the molecule is COC(=O)c1c(NCc2ccc(F)cc2)c2cccc(Cl)c2[nH]c1=O. The summed E-state index contributed by atoms with van der Waals surface area (Å²) in [5, 5.41) is 4.01. The predicted octanol–water partition coefficient (Wildman–Crippen LogP) is 3.72.